The first-order valence-corrected chi connectivity index (χ1v) is 8.09. The highest BCUT2D eigenvalue weighted by Crippen LogP contribution is 2.33. The van der Waals surface area contributed by atoms with Crippen molar-refractivity contribution in [1.29, 1.82) is 0 Å². The molecule has 5 nitrogen and oxygen atoms in total. The number of amides is 1. The fourth-order valence-corrected chi connectivity index (χ4v) is 2.45. The number of hydrogen-bond donors (Lipinski definition) is 1. The van der Waals surface area contributed by atoms with E-state index >= 15 is 0 Å². The van der Waals surface area contributed by atoms with Gasteiger partial charge in [-0.1, -0.05) is 30.3 Å². The monoisotopic (exact) mass is 324 g/mol. The van der Waals surface area contributed by atoms with Crippen LogP contribution in [0.15, 0.2) is 42.6 Å². The molecular weight excluding hydrogens is 304 g/mol. The van der Waals surface area contributed by atoms with Crippen LogP contribution in [0.4, 0.5) is 0 Å². The Hall–Kier alpha value is -2.69. The summed E-state index contributed by atoms with van der Waals surface area (Å²) >= 11 is 0. The van der Waals surface area contributed by atoms with Gasteiger partial charge in [0.05, 0.1) is 0 Å². The Labute approximate surface area is 141 Å². The largest absolute Gasteiger partial charge is 0.472 e. The minimum Gasteiger partial charge on any atom is -0.472 e. The number of nitrogens with one attached hydrogen (secondary N) is 1. The first-order valence-electron chi connectivity index (χ1n) is 8.09. The highest BCUT2D eigenvalue weighted by molar-refractivity contribution is 6.01. The van der Waals surface area contributed by atoms with Crippen molar-refractivity contribution in [3.63, 3.8) is 0 Å². The maximum Gasteiger partial charge on any atom is 0.256 e. The summed E-state index contributed by atoms with van der Waals surface area (Å²) in [5.74, 6) is 0.451. The average Bonchev–Trinajstić information content (AvgIpc) is 3.44. The fraction of sp³-hybridized carbons (Fsp3) is 0.316. The van der Waals surface area contributed by atoms with Crippen LogP contribution in [0.5, 0.6) is 5.88 Å². The summed E-state index contributed by atoms with van der Waals surface area (Å²) in [5, 5.41) is 2.57. The molecule has 1 aromatic heterocycles. The molecule has 1 heterocycles. The molecule has 1 aliphatic carbocycles. The normalized spacial score (nSPS) is 13.4. The van der Waals surface area contributed by atoms with E-state index in [9.17, 15) is 9.59 Å². The number of hydrogen-bond acceptors (Lipinski definition) is 4. The molecule has 0 atom stereocenters. The predicted octanol–water partition coefficient (Wildman–Crippen LogP) is 3.00. The Balaban J connectivity index is 1.79. The fourth-order valence-electron chi connectivity index (χ4n) is 2.45. The maximum absolute atomic E-state index is 12.2. The Kier molecular flexibility index (Phi) is 4.89. The molecule has 1 aliphatic rings. The van der Waals surface area contributed by atoms with E-state index in [1.807, 2.05) is 30.3 Å². The van der Waals surface area contributed by atoms with Gasteiger partial charge in [-0.25, -0.2) is 4.98 Å². The molecule has 0 aliphatic heterocycles. The van der Waals surface area contributed by atoms with Gasteiger partial charge in [-0.15, -0.1) is 0 Å². The summed E-state index contributed by atoms with van der Waals surface area (Å²) in [6.07, 6.45) is 4.25. The van der Waals surface area contributed by atoms with Gasteiger partial charge < -0.3 is 10.1 Å². The zero-order valence-corrected chi connectivity index (χ0v) is 13.6. The van der Waals surface area contributed by atoms with Crippen LogP contribution in [0, 0.1) is 5.92 Å². The lowest BCUT2D eigenvalue weighted by Crippen LogP contribution is -2.20. The summed E-state index contributed by atoms with van der Waals surface area (Å²) in [7, 11) is 1.54. The van der Waals surface area contributed by atoms with E-state index in [-0.39, 0.29) is 23.1 Å². The molecule has 1 saturated carbocycles. The van der Waals surface area contributed by atoms with Crippen molar-refractivity contribution in [2.45, 2.75) is 25.9 Å². The molecule has 2 aromatic rings. The van der Waals surface area contributed by atoms with Crippen LogP contribution in [-0.4, -0.2) is 23.7 Å². The van der Waals surface area contributed by atoms with Crippen LogP contribution >= 0.6 is 0 Å². The van der Waals surface area contributed by atoms with Gasteiger partial charge in [-0.3, -0.25) is 9.59 Å². The van der Waals surface area contributed by atoms with Gasteiger partial charge in [0.15, 0.2) is 5.78 Å². The smallest absolute Gasteiger partial charge is 0.256 e. The van der Waals surface area contributed by atoms with Gasteiger partial charge in [0.1, 0.15) is 12.2 Å². The third kappa shape index (κ3) is 3.98. The van der Waals surface area contributed by atoms with Crippen LogP contribution < -0.4 is 10.1 Å². The zero-order chi connectivity index (χ0) is 16.9. The second kappa shape index (κ2) is 7.25. The van der Waals surface area contributed by atoms with Gasteiger partial charge in [0, 0.05) is 25.2 Å². The lowest BCUT2D eigenvalue weighted by molar-refractivity contribution is 0.0957. The Morgan fingerprint density at radius 2 is 2.00 bits per heavy atom. The summed E-state index contributed by atoms with van der Waals surface area (Å²) < 4.78 is 5.69. The van der Waals surface area contributed by atoms with Crippen molar-refractivity contribution < 1.29 is 14.3 Å². The first-order chi connectivity index (χ1) is 11.7. The van der Waals surface area contributed by atoms with Crippen molar-refractivity contribution in [1.82, 2.24) is 10.3 Å². The second-order valence-electron chi connectivity index (χ2n) is 6.00. The standard InChI is InChI=1S/C19H20N2O3/c1-20-18(23)16-10-15(17(22)9-13-7-8-13)11-21-19(16)24-12-14-5-3-2-4-6-14/h2-6,10-11,13H,7-9,12H2,1H3,(H,20,23). The molecule has 1 N–H and O–H groups in total. The quantitative estimate of drug-likeness (QED) is 0.795. The topological polar surface area (TPSA) is 68.3 Å². The molecule has 0 radical (unpaired) electrons. The summed E-state index contributed by atoms with van der Waals surface area (Å²) in [6.45, 7) is 0.313. The van der Waals surface area contributed by atoms with Gasteiger partial charge in [0.25, 0.3) is 5.91 Å². The number of carbonyl (C=O) groups is 2. The van der Waals surface area contributed by atoms with Gasteiger partial charge in [-0.2, -0.15) is 0 Å². The van der Waals surface area contributed by atoms with Crippen molar-refractivity contribution in [3.05, 3.63) is 59.3 Å². The minimum atomic E-state index is -0.313. The van der Waals surface area contributed by atoms with Crippen LogP contribution in [0.1, 0.15) is 45.5 Å². The lowest BCUT2D eigenvalue weighted by atomic mass is 10.1. The van der Waals surface area contributed by atoms with E-state index in [0.29, 0.717) is 24.5 Å². The van der Waals surface area contributed by atoms with Crippen LogP contribution in [0.3, 0.4) is 0 Å². The highest BCUT2D eigenvalue weighted by Gasteiger charge is 2.26. The number of carbonyl (C=O) groups excluding carboxylic acids is 2. The molecule has 1 fully saturated rings. The maximum atomic E-state index is 12.2. The van der Waals surface area contributed by atoms with E-state index in [1.54, 1.807) is 13.1 Å². The Morgan fingerprint density at radius 1 is 1.25 bits per heavy atom. The number of ketones is 1. The van der Waals surface area contributed by atoms with E-state index in [4.69, 9.17) is 4.74 Å². The summed E-state index contributed by atoms with van der Waals surface area (Å²) in [5.41, 5.74) is 1.73. The summed E-state index contributed by atoms with van der Waals surface area (Å²) in [6, 6.07) is 11.2. The number of Topliss-reactive ketones (excluding diaryl/α,β-unsaturated/α-hetero) is 1. The average molecular weight is 324 g/mol. The van der Waals surface area contributed by atoms with Crippen LogP contribution in [-0.2, 0) is 6.61 Å². The minimum absolute atomic E-state index is 0.0322. The molecular formula is C19H20N2O3. The lowest BCUT2D eigenvalue weighted by Gasteiger charge is -2.11. The van der Waals surface area contributed by atoms with E-state index < -0.39 is 0 Å². The molecule has 0 spiro atoms. The van der Waals surface area contributed by atoms with Gasteiger partial charge >= 0.3 is 0 Å². The molecule has 1 amide bonds. The number of benzene rings is 1. The molecule has 24 heavy (non-hydrogen) atoms. The molecule has 5 heteroatoms. The molecule has 0 saturated heterocycles. The number of rotatable bonds is 7. The van der Waals surface area contributed by atoms with E-state index in [1.165, 1.54) is 6.20 Å². The third-order valence-electron chi connectivity index (χ3n) is 4.03. The zero-order valence-electron chi connectivity index (χ0n) is 13.6. The molecule has 0 bridgehead atoms. The second-order valence-corrected chi connectivity index (χ2v) is 6.00. The van der Waals surface area contributed by atoms with Crippen molar-refractivity contribution in [2.75, 3.05) is 7.05 Å². The van der Waals surface area contributed by atoms with E-state index in [2.05, 4.69) is 10.3 Å². The van der Waals surface area contributed by atoms with Gasteiger partial charge in [0.2, 0.25) is 5.88 Å². The summed E-state index contributed by atoms with van der Waals surface area (Å²) in [4.78, 5) is 28.6. The van der Waals surface area contributed by atoms with Crippen molar-refractivity contribution in [3.8, 4) is 5.88 Å². The SMILES string of the molecule is CNC(=O)c1cc(C(=O)CC2CC2)cnc1OCc1ccccc1. The van der Waals surface area contributed by atoms with Crippen molar-refractivity contribution in [2.24, 2.45) is 5.92 Å². The van der Waals surface area contributed by atoms with Gasteiger partial charge in [-0.05, 0) is 30.4 Å². The number of nitrogens with zero attached hydrogens (tertiary/aromatic N) is 1. The predicted molar refractivity (Wildman–Crippen MR) is 90.1 cm³/mol. The number of pyridine rings is 1. The Bertz CT molecular complexity index is 740. The molecule has 3 rings (SSSR count). The first kappa shape index (κ1) is 16.2. The molecule has 1 aromatic carbocycles. The molecule has 124 valence electrons. The third-order valence-corrected chi connectivity index (χ3v) is 4.03. The van der Waals surface area contributed by atoms with Crippen LogP contribution in [0.2, 0.25) is 0 Å². The Morgan fingerprint density at radius 3 is 2.67 bits per heavy atom. The van der Waals surface area contributed by atoms with Crippen molar-refractivity contribution >= 4 is 11.7 Å². The van der Waals surface area contributed by atoms with Crippen LogP contribution in [0.25, 0.3) is 0 Å². The van der Waals surface area contributed by atoms with E-state index in [0.717, 1.165) is 18.4 Å². The highest BCUT2D eigenvalue weighted by atomic mass is 16.5. The number of ether oxygens (including phenoxy) is 1. The molecule has 0 unspecified atom stereocenters. The number of aromatic nitrogens is 1.